The Morgan fingerprint density at radius 1 is 1.00 bits per heavy atom. The molecule has 2 aromatic heterocycles. The summed E-state index contributed by atoms with van der Waals surface area (Å²) in [5.74, 6) is 1.57. The van der Waals surface area contributed by atoms with E-state index in [0.29, 0.717) is 6.42 Å². The summed E-state index contributed by atoms with van der Waals surface area (Å²) in [4.78, 5) is 36.3. The highest BCUT2D eigenvalue weighted by atomic mass is 19.1. The van der Waals surface area contributed by atoms with Crippen LogP contribution in [0.15, 0.2) is 6.33 Å². The molecule has 3 heterocycles. The minimum atomic E-state index is -1.53. The van der Waals surface area contributed by atoms with Crippen molar-refractivity contribution in [3.8, 4) is 12.3 Å². The first-order chi connectivity index (χ1) is 21.3. The number of nitrogen functional groups attached to an aromatic ring is 1. The highest BCUT2D eigenvalue weighted by molar-refractivity contribution is 5.81. The largest absolute Gasteiger partial charge is 0.461 e. The number of terminal acetylenes is 1. The minimum Gasteiger partial charge on any atom is -0.461 e. The predicted molar refractivity (Wildman–Crippen MR) is 167 cm³/mol. The van der Waals surface area contributed by atoms with Crippen molar-refractivity contribution in [3.63, 3.8) is 0 Å². The van der Waals surface area contributed by atoms with Crippen LogP contribution in [0.5, 0.6) is 0 Å². The molecule has 0 bridgehead atoms. The van der Waals surface area contributed by atoms with E-state index in [1.807, 2.05) is 0 Å². The molecule has 0 saturated carbocycles. The average molecular weight is 616 g/mol. The lowest BCUT2D eigenvalue weighted by Gasteiger charge is -2.28. The maximum Gasteiger partial charge on any atom is 0.312 e. The van der Waals surface area contributed by atoms with E-state index in [2.05, 4.69) is 27.8 Å². The number of hydrogen-bond donors (Lipinski definition) is 1. The number of anilines is 1. The minimum absolute atomic E-state index is 0.112. The second-order valence-electron chi connectivity index (χ2n) is 11.7. The summed E-state index contributed by atoms with van der Waals surface area (Å²) in [5, 5.41) is 0. The molecule has 1 saturated heterocycles. The molecule has 0 aliphatic carbocycles. The van der Waals surface area contributed by atoms with E-state index in [0.717, 1.165) is 12.8 Å². The molecule has 1 aliphatic heterocycles. The summed E-state index contributed by atoms with van der Waals surface area (Å²) < 4.78 is 32.8. The first-order valence-electron chi connectivity index (χ1n) is 16.5. The number of hydrogen-bond acceptors (Lipinski definition) is 9. The fraction of sp³-hybridized carbons (Fsp3) is 0.727. The van der Waals surface area contributed by atoms with Crippen LogP contribution in [0.3, 0.4) is 0 Å². The Morgan fingerprint density at radius 2 is 1.59 bits per heavy atom. The van der Waals surface area contributed by atoms with Gasteiger partial charge in [-0.25, -0.2) is 4.98 Å². The van der Waals surface area contributed by atoms with Gasteiger partial charge in [-0.2, -0.15) is 14.4 Å². The molecule has 11 heteroatoms. The van der Waals surface area contributed by atoms with Crippen LogP contribution in [0.25, 0.3) is 11.2 Å². The smallest absolute Gasteiger partial charge is 0.312 e. The second-order valence-corrected chi connectivity index (χ2v) is 11.7. The van der Waals surface area contributed by atoms with Gasteiger partial charge in [-0.3, -0.25) is 14.2 Å². The Kier molecular flexibility index (Phi) is 14.8. The summed E-state index contributed by atoms with van der Waals surface area (Å²) in [6, 6.07) is 0. The number of unbranched alkanes of at least 4 members (excludes halogenated alkanes) is 14. The molecule has 10 nitrogen and oxygen atoms in total. The van der Waals surface area contributed by atoms with Crippen molar-refractivity contribution in [2.24, 2.45) is 0 Å². The molecule has 3 atom stereocenters. The highest BCUT2D eigenvalue weighted by Gasteiger charge is 2.52. The fourth-order valence-corrected chi connectivity index (χ4v) is 5.62. The lowest BCUT2D eigenvalue weighted by Crippen LogP contribution is -2.45. The number of halogens is 1. The molecule has 0 radical (unpaired) electrons. The Balaban J connectivity index is 1.43. The number of imidazole rings is 1. The van der Waals surface area contributed by atoms with Crippen molar-refractivity contribution in [3.05, 3.63) is 12.4 Å². The molecule has 1 aliphatic rings. The van der Waals surface area contributed by atoms with Gasteiger partial charge in [0.1, 0.15) is 18.9 Å². The molecular weight excluding hydrogens is 565 g/mol. The van der Waals surface area contributed by atoms with E-state index in [1.165, 1.54) is 87.9 Å². The maximum atomic E-state index is 13.9. The number of aromatic nitrogens is 4. The van der Waals surface area contributed by atoms with Crippen molar-refractivity contribution in [2.45, 2.75) is 147 Å². The summed E-state index contributed by atoms with van der Waals surface area (Å²) >= 11 is 0. The van der Waals surface area contributed by atoms with E-state index in [4.69, 9.17) is 26.4 Å². The average Bonchev–Trinajstić information content (AvgIpc) is 3.59. The third-order valence-electron chi connectivity index (χ3n) is 8.25. The number of carbonyl (C=O) groups is 2. The summed E-state index contributed by atoms with van der Waals surface area (Å²) in [6.07, 6.45) is 23.6. The van der Waals surface area contributed by atoms with Crippen molar-refractivity contribution in [2.75, 3.05) is 12.3 Å². The topological polar surface area (TPSA) is 131 Å². The maximum absolute atomic E-state index is 13.9. The first kappa shape index (κ1) is 35.2. The van der Waals surface area contributed by atoms with Gasteiger partial charge in [0.2, 0.25) is 5.60 Å². The molecule has 3 unspecified atom stereocenters. The highest BCUT2D eigenvalue weighted by Crippen LogP contribution is 2.40. The van der Waals surface area contributed by atoms with Crippen molar-refractivity contribution in [1.82, 2.24) is 19.5 Å². The number of esters is 2. The molecule has 2 N–H and O–H groups in total. The number of carbonyl (C=O) groups excluding carboxylic acids is 2. The van der Waals surface area contributed by atoms with E-state index >= 15 is 0 Å². The van der Waals surface area contributed by atoms with E-state index < -0.39 is 35.9 Å². The zero-order chi connectivity index (χ0) is 31.8. The molecule has 44 heavy (non-hydrogen) atoms. The zero-order valence-corrected chi connectivity index (χ0v) is 26.5. The van der Waals surface area contributed by atoms with Crippen molar-refractivity contribution >= 4 is 28.9 Å². The molecule has 244 valence electrons. The molecule has 3 rings (SSSR count). The monoisotopic (exact) mass is 615 g/mol. The third kappa shape index (κ3) is 10.4. The lowest BCUT2D eigenvalue weighted by molar-refractivity contribution is -0.166. The standard InChI is InChI=1S/C33H50FN5O5/c1-4-7-8-9-10-11-12-13-14-15-16-17-18-19-20-21-28(41)43-25-22-26(44-33(25,6-3)23-42-27(40)5-2)39-24-36-29-30(35)37-32(34)38-31(29)39/h3,24-26H,4-5,7-23H2,1-2H3,(H2,35,37,38). The summed E-state index contributed by atoms with van der Waals surface area (Å²) in [5.41, 5.74) is 4.58. The van der Waals surface area contributed by atoms with Crippen LogP contribution in [0.4, 0.5) is 10.2 Å². The Hall–Kier alpha value is -3.26. The summed E-state index contributed by atoms with van der Waals surface area (Å²) in [6.45, 7) is 3.61. The van der Waals surface area contributed by atoms with Crippen LogP contribution in [0, 0.1) is 18.4 Å². The van der Waals surface area contributed by atoms with Gasteiger partial charge in [0, 0.05) is 19.3 Å². The van der Waals surface area contributed by atoms with Gasteiger partial charge in [-0.1, -0.05) is 110 Å². The number of nitrogens with two attached hydrogens (primary N) is 1. The molecule has 2 aromatic rings. The number of fused-ring (bicyclic) bond motifs is 1. The van der Waals surface area contributed by atoms with E-state index in [-0.39, 0.29) is 42.9 Å². The van der Waals surface area contributed by atoms with Crippen LogP contribution in [-0.2, 0) is 23.8 Å². The van der Waals surface area contributed by atoms with Crippen LogP contribution in [0.2, 0.25) is 0 Å². The number of nitrogens with zero attached hydrogens (tertiary/aromatic N) is 4. The van der Waals surface area contributed by atoms with Gasteiger partial charge in [0.05, 0.1) is 6.33 Å². The van der Waals surface area contributed by atoms with E-state index in [9.17, 15) is 14.0 Å². The quantitative estimate of drug-likeness (QED) is 0.0685. The Morgan fingerprint density at radius 3 is 2.16 bits per heavy atom. The lowest BCUT2D eigenvalue weighted by atomic mass is 9.98. The predicted octanol–water partition coefficient (Wildman–Crippen LogP) is 6.97. The number of ether oxygens (including phenoxy) is 3. The van der Waals surface area contributed by atoms with Gasteiger partial charge in [-0.15, -0.1) is 6.42 Å². The SMILES string of the molecule is C#CC1(COC(=O)CC)OC(n2cnc3c(N)nc(F)nc32)CC1OC(=O)CCCCCCCCCCCCCCCCC. The van der Waals surface area contributed by atoms with Gasteiger partial charge in [0.15, 0.2) is 17.0 Å². The van der Waals surface area contributed by atoms with Crippen LogP contribution >= 0.6 is 0 Å². The van der Waals surface area contributed by atoms with Crippen molar-refractivity contribution < 1.29 is 28.2 Å². The molecule has 1 fully saturated rings. The van der Waals surface area contributed by atoms with Crippen LogP contribution in [0.1, 0.15) is 136 Å². The number of rotatable bonds is 21. The zero-order valence-electron chi connectivity index (χ0n) is 26.5. The van der Waals surface area contributed by atoms with Gasteiger partial charge in [-0.05, 0) is 6.42 Å². The van der Waals surface area contributed by atoms with Crippen molar-refractivity contribution in [1.29, 1.82) is 0 Å². The summed E-state index contributed by atoms with van der Waals surface area (Å²) in [7, 11) is 0. The van der Waals surface area contributed by atoms with Gasteiger partial charge in [0.25, 0.3) is 0 Å². The third-order valence-corrected chi connectivity index (χ3v) is 8.25. The molecule has 0 aromatic carbocycles. The molecular formula is C33H50FN5O5. The molecule has 0 amide bonds. The molecule has 0 spiro atoms. The second kappa shape index (κ2) is 18.5. The van der Waals surface area contributed by atoms with Gasteiger partial charge >= 0.3 is 18.0 Å². The Labute approximate surface area is 261 Å². The van der Waals surface area contributed by atoms with Gasteiger partial charge < -0.3 is 19.9 Å². The first-order valence-corrected chi connectivity index (χ1v) is 16.5. The fourth-order valence-electron chi connectivity index (χ4n) is 5.62. The Bertz CT molecular complexity index is 1230. The van der Waals surface area contributed by atoms with Crippen LogP contribution in [-0.4, -0.2) is 49.8 Å². The normalized spacial score (nSPS) is 19.7. The van der Waals surface area contributed by atoms with E-state index in [1.54, 1.807) is 6.92 Å². The van der Waals surface area contributed by atoms with Crippen LogP contribution < -0.4 is 5.73 Å².